The van der Waals surface area contributed by atoms with E-state index in [1.54, 1.807) is 18.7 Å². The molecule has 1 aromatic rings. The van der Waals surface area contributed by atoms with Crippen LogP contribution in [-0.2, 0) is 7.05 Å². The van der Waals surface area contributed by atoms with Crippen molar-refractivity contribution in [1.82, 2.24) is 14.7 Å². The van der Waals surface area contributed by atoms with Gasteiger partial charge in [-0.15, -0.1) is 0 Å². The third kappa shape index (κ3) is 3.26. The zero-order chi connectivity index (χ0) is 13.8. The Balaban J connectivity index is 1.86. The summed E-state index contributed by atoms with van der Waals surface area (Å²) in [6.45, 7) is 5.97. The van der Waals surface area contributed by atoms with Crippen molar-refractivity contribution in [2.24, 2.45) is 7.05 Å². The van der Waals surface area contributed by atoms with E-state index in [4.69, 9.17) is 0 Å². The number of nitrogens with one attached hydrogen (secondary N) is 1. The van der Waals surface area contributed by atoms with Gasteiger partial charge >= 0.3 is 5.97 Å². The van der Waals surface area contributed by atoms with Gasteiger partial charge in [-0.3, -0.25) is 4.68 Å². The monoisotopic (exact) mass is 266 g/mol. The van der Waals surface area contributed by atoms with Gasteiger partial charge in [-0.2, -0.15) is 5.10 Å². The lowest BCUT2D eigenvalue weighted by molar-refractivity contribution is 0.0697. The van der Waals surface area contributed by atoms with Crippen molar-refractivity contribution in [3.63, 3.8) is 0 Å². The van der Waals surface area contributed by atoms with E-state index in [2.05, 4.69) is 15.3 Å². The number of nitrogens with zero attached hydrogens (tertiary/aromatic N) is 3. The predicted octanol–water partition coefficient (Wildman–Crippen LogP) is 1.32. The Bertz CT molecular complexity index is 450. The Hall–Kier alpha value is -1.56. The summed E-state index contributed by atoms with van der Waals surface area (Å²) in [5.41, 5.74) is 0.834. The second-order valence-corrected chi connectivity index (χ2v) is 5.07. The molecule has 1 fully saturated rings. The van der Waals surface area contributed by atoms with Crippen LogP contribution in [0.2, 0.25) is 0 Å². The number of aryl methyl sites for hydroxylation is 2. The molecule has 2 heterocycles. The Labute approximate surface area is 113 Å². The van der Waals surface area contributed by atoms with Crippen molar-refractivity contribution in [1.29, 1.82) is 0 Å². The van der Waals surface area contributed by atoms with Crippen molar-refractivity contribution in [3.05, 3.63) is 11.3 Å². The molecule has 2 rings (SSSR count). The lowest BCUT2D eigenvalue weighted by Crippen LogP contribution is -2.22. The van der Waals surface area contributed by atoms with E-state index in [1.807, 2.05) is 0 Å². The molecule has 0 bridgehead atoms. The highest BCUT2D eigenvalue weighted by Gasteiger charge is 2.19. The fourth-order valence-electron chi connectivity index (χ4n) is 2.63. The molecular weight excluding hydrogens is 244 g/mol. The van der Waals surface area contributed by atoms with Crippen LogP contribution in [0.25, 0.3) is 0 Å². The highest BCUT2D eigenvalue weighted by Crippen LogP contribution is 2.18. The molecule has 1 aromatic heterocycles. The van der Waals surface area contributed by atoms with E-state index in [0.717, 1.165) is 19.5 Å². The number of anilines is 1. The Kier molecular flexibility index (Phi) is 4.42. The minimum atomic E-state index is -0.923. The minimum Gasteiger partial charge on any atom is -0.477 e. The van der Waals surface area contributed by atoms with Crippen LogP contribution in [0.3, 0.4) is 0 Å². The molecule has 19 heavy (non-hydrogen) atoms. The topological polar surface area (TPSA) is 70.4 Å². The molecule has 106 valence electrons. The molecule has 0 radical (unpaired) electrons. The Morgan fingerprint density at radius 3 is 2.74 bits per heavy atom. The molecule has 1 aliphatic heterocycles. The van der Waals surface area contributed by atoms with Crippen LogP contribution >= 0.6 is 0 Å². The van der Waals surface area contributed by atoms with Gasteiger partial charge in [-0.25, -0.2) is 4.79 Å². The number of carbonyl (C=O) groups is 1. The van der Waals surface area contributed by atoms with E-state index in [-0.39, 0.29) is 5.56 Å². The largest absolute Gasteiger partial charge is 0.477 e. The maximum Gasteiger partial charge on any atom is 0.341 e. The summed E-state index contributed by atoms with van der Waals surface area (Å²) in [4.78, 5) is 13.6. The normalized spacial score (nSPS) is 15.9. The molecule has 0 atom stereocenters. The molecule has 6 nitrogen and oxygen atoms in total. The zero-order valence-corrected chi connectivity index (χ0v) is 11.6. The minimum absolute atomic E-state index is 0.281. The van der Waals surface area contributed by atoms with Gasteiger partial charge in [0.05, 0.1) is 5.69 Å². The summed E-state index contributed by atoms with van der Waals surface area (Å²) < 4.78 is 1.61. The zero-order valence-electron chi connectivity index (χ0n) is 11.6. The summed E-state index contributed by atoms with van der Waals surface area (Å²) >= 11 is 0. The van der Waals surface area contributed by atoms with Gasteiger partial charge in [-0.1, -0.05) is 0 Å². The summed E-state index contributed by atoms with van der Waals surface area (Å²) in [6, 6.07) is 0. The predicted molar refractivity (Wildman–Crippen MR) is 73.7 cm³/mol. The van der Waals surface area contributed by atoms with E-state index >= 15 is 0 Å². The number of carboxylic acid groups (broad SMARTS) is 1. The molecule has 0 amide bonds. The van der Waals surface area contributed by atoms with Crippen LogP contribution in [0, 0.1) is 6.92 Å². The van der Waals surface area contributed by atoms with Gasteiger partial charge in [0.15, 0.2) is 0 Å². The van der Waals surface area contributed by atoms with Gasteiger partial charge in [0.1, 0.15) is 11.4 Å². The average Bonchev–Trinajstić information content (AvgIpc) is 2.93. The first kappa shape index (κ1) is 13.9. The van der Waals surface area contributed by atoms with Crippen LogP contribution in [0.5, 0.6) is 0 Å². The number of hydrogen-bond donors (Lipinski definition) is 2. The fraction of sp³-hybridized carbons (Fsp3) is 0.692. The number of carboxylic acids is 1. The quantitative estimate of drug-likeness (QED) is 0.760. The number of aromatic nitrogens is 2. The van der Waals surface area contributed by atoms with Crippen LogP contribution < -0.4 is 5.32 Å². The number of aromatic carboxylic acids is 1. The highest BCUT2D eigenvalue weighted by atomic mass is 16.4. The maximum atomic E-state index is 11.2. The van der Waals surface area contributed by atoms with Crippen molar-refractivity contribution in [2.45, 2.75) is 26.2 Å². The van der Waals surface area contributed by atoms with Crippen LogP contribution in [0.4, 0.5) is 5.82 Å². The lowest BCUT2D eigenvalue weighted by Gasteiger charge is -2.14. The van der Waals surface area contributed by atoms with E-state index in [0.29, 0.717) is 11.5 Å². The molecule has 0 aromatic carbocycles. The maximum absolute atomic E-state index is 11.2. The third-order valence-corrected chi connectivity index (χ3v) is 3.58. The summed E-state index contributed by atoms with van der Waals surface area (Å²) in [5.74, 6) is -0.320. The average molecular weight is 266 g/mol. The smallest absolute Gasteiger partial charge is 0.341 e. The molecule has 2 N–H and O–H groups in total. The third-order valence-electron chi connectivity index (χ3n) is 3.58. The summed E-state index contributed by atoms with van der Waals surface area (Å²) in [6.07, 6.45) is 3.62. The number of likely N-dealkylation sites (tertiary alicyclic amines) is 1. The van der Waals surface area contributed by atoms with Crippen molar-refractivity contribution >= 4 is 11.8 Å². The molecular formula is C13H22N4O2. The lowest BCUT2D eigenvalue weighted by atomic mass is 10.2. The first-order valence-corrected chi connectivity index (χ1v) is 6.82. The first-order chi connectivity index (χ1) is 9.09. The van der Waals surface area contributed by atoms with Gasteiger partial charge in [0.2, 0.25) is 0 Å². The Morgan fingerprint density at radius 1 is 1.42 bits per heavy atom. The Morgan fingerprint density at radius 2 is 2.11 bits per heavy atom. The first-order valence-electron chi connectivity index (χ1n) is 6.82. The van der Waals surface area contributed by atoms with Crippen molar-refractivity contribution in [2.75, 3.05) is 31.5 Å². The molecule has 1 saturated heterocycles. The van der Waals surface area contributed by atoms with E-state index in [9.17, 15) is 9.90 Å². The van der Waals surface area contributed by atoms with Gasteiger partial charge in [0, 0.05) is 13.6 Å². The van der Waals surface area contributed by atoms with E-state index in [1.165, 1.54) is 25.9 Å². The standard InChI is InChI=1S/C13H22N4O2/c1-10-11(13(18)19)12(16(2)15-10)14-6-5-9-17-7-3-4-8-17/h14H,3-9H2,1-2H3,(H,18,19). The van der Waals surface area contributed by atoms with Gasteiger partial charge in [0.25, 0.3) is 0 Å². The van der Waals surface area contributed by atoms with Crippen LogP contribution in [0.15, 0.2) is 0 Å². The van der Waals surface area contributed by atoms with Gasteiger partial charge in [-0.05, 0) is 45.8 Å². The highest BCUT2D eigenvalue weighted by molar-refractivity contribution is 5.94. The molecule has 6 heteroatoms. The van der Waals surface area contributed by atoms with Gasteiger partial charge < -0.3 is 15.3 Å². The van der Waals surface area contributed by atoms with Crippen LogP contribution in [-0.4, -0.2) is 51.9 Å². The number of hydrogen-bond acceptors (Lipinski definition) is 4. The fourth-order valence-corrected chi connectivity index (χ4v) is 2.63. The second-order valence-electron chi connectivity index (χ2n) is 5.07. The molecule has 0 saturated carbocycles. The number of rotatable bonds is 6. The molecule has 0 spiro atoms. The van der Waals surface area contributed by atoms with Crippen LogP contribution in [0.1, 0.15) is 35.3 Å². The van der Waals surface area contributed by atoms with Crippen molar-refractivity contribution in [3.8, 4) is 0 Å². The SMILES string of the molecule is Cc1nn(C)c(NCCCN2CCCC2)c1C(=O)O. The summed E-state index contributed by atoms with van der Waals surface area (Å²) in [7, 11) is 1.77. The van der Waals surface area contributed by atoms with E-state index < -0.39 is 5.97 Å². The summed E-state index contributed by atoms with van der Waals surface area (Å²) in [5, 5.41) is 16.5. The molecule has 0 aliphatic carbocycles. The van der Waals surface area contributed by atoms with Crippen molar-refractivity contribution < 1.29 is 9.90 Å². The molecule has 0 unspecified atom stereocenters. The molecule has 1 aliphatic rings. The second kappa shape index (κ2) is 6.06.